The number of methoxy groups -OCH3 is 1. The summed E-state index contributed by atoms with van der Waals surface area (Å²) in [5, 5.41) is 0. The number of carbonyl (C=O) groups is 1. The van der Waals surface area contributed by atoms with Gasteiger partial charge in [0.2, 0.25) is 0 Å². The second-order valence-corrected chi connectivity index (χ2v) is 5.67. The quantitative estimate of drug-likeness (QED) is 0.787. The number of benzene rings is 1. The van der Waals surface area contributed by atoms with E-state index in [1.54, 1.807) is 7.11 Å². The van der Waals surface area contributed by atoms with E-state index in [9.17, 15) is 4.79 Å². The third-order valence-corrected chi connectivity index (χ3v) is 4.23. The summed E-state index contributed by atoms with van der Waals surface area (Å²) in [4.78, 5) is 12.8. The Kier molecular flexibility index (Phi) is 4.04. The van der Waals surface area contributed by atoms with Gasteiger partial charge < -0.3 is 4.74 Å². The minimum Gasteiger partial charge on any atom is -0.497 e. The largest absolute Gasteiger partial charge is 0.497 e. The molecule has 0 saturated heterocycles. The van der Waals surface area contributed by atoms with Crippen LogP contribution in [0.2, 0.25) is 4.34 Å². The standard InChI is InChI=1S/C14H13ClO2S/c1-9-6-13(18-14(9)15)12(16)8-10-4-3-5-11(7-10)17-2/h3-7H,8H2,1-2H3. The molecule has 4 heteroatoms. The molecule has 0 saturated carbocycles. The highest BCUT2D eigenvalue weighted by molar-refractivity contribution is 7.18. The van der Waals surface area contributed by atoms with Gasteiger partial charge in [0.15, 0.2) is 5.78 Å². The van der Waals surface area contributed by atoms with Crippen molar-refractivity contribution in [1.29, 1.82) is 0 Å². The molecule has 0 amide bonds. The van der Waals surface area contributed by atoms with Crippen LogP contribution in [0.15, 0.2) is 30.3 Å². The number of carbonyl (C=O) groups excluding carboxylic acids is 1. The van der Waals surface area contributed by atoms with Crippen molar-refractivity contribution in [3.05, 3.63) is 50.7 Å². The van der Waals surface area contributed by atoms with Gasteiger partial charge in [0.25, 0.3) is 0 Å². The van der Waals surface area contributed by atoms with Crippen LogP contribution in [0.3, 0.4) is 0 Å². The number of rotatable bonds is 4. The van der Waals surface area contributed by atoms with Crippen LogP contribution in [0.1, 0.15) is 20.8 Å². The minimum atomic E-state index is 0.0863. The lowest BCUT2D eigenvalue weighted by Crippen LogP contribution is -2.01. The molecule has 0 N–H and O–H groups in total. The van der Waals surface area contributed by atoms with Gasteiger partial charge in [-0.1, -0.05) is 23.7 Å². The SMILES string of the molecule is COc1cccc(CC(=O)c2cc(C)c(Cl)s2)c1. The van der Waals surface area contributed by atoms with Crippen LogP contribution in [-0.2, 0) is 6.42 Å². The van der Waals surface area contributed by atoms with Crippen molar-refractivity contribution < 1.29 is 9.53 Å². The molecule has 0 aliphatic heterocycles. The van der Waals surface area contributed by atoms with E-state index < -0.39 is 0 Å². The van der Waals surface area contributed by atoms with Crippen molar-refractivity contribution in [3.8, 4) is 5.75 Å². The van der Waals surface area contributed by atoms with E-state index in [4.69, 9.17) is 16.3 Å². The summed E-state index contributed by atoms with van der Waals surface area (Å²) in [5.74, 6) is 0.851. The number of thiophene rings is 1. The number of ketones is 1. The molecule has 0 unspecified atom stereocenters. The van der Waals surface area contributed by atoms with Crippen LogP contribution in [0.4, 0.5) is 0 Å². The monoisotopic (exact) mass is 280 g/mol. The highest BCUT2D eigenvalue weighted by Crippen LogP contribution is 2.28. The predicted octanol–water partition coefficient (Wildman–Crippen LogP) is 4.14. The molecular formula is C14H13ClO2S. The molecule has 2 rings (SSSR count). The first-order valence-electron chi connectivity index (χ1n) is 5.52. The second-order valence-electron chi connectivity index (χ2n) is 4.02. The molecule has 0 bridgehead atoms. The van der Waals surface area contributed by atoms with Crippen LogP contribution in [0.25, 0.3) is 0 Å². The minimum absolute atomic E-state index is 0.0863. The van der Waals surface area contributed by atoms with E-state index in [1.165, 1.54) is 11.3 Å². The second kappa shape index (κ2) is 5.55. The highest BCUT2D eigenvalue weighted by atomic mass is 35.5. The van der Waals surface area contributed by atoms with Gasteiger partial charge in [-0.2, -0.15) is 0 Å². The van der Waals surface area contributed by atoms with Crippen molar-refractivity contribution in [2.45, 2.75) is 13.3 Å². The maximum atomic E-state index is 12.1. The first kappa shape index (κ1) is 13.1. The molecule has 0 atom stereocenters. The fourth-order valence-electron chi connectivity index (χ4n) is 1.65. The first-order valence-corrected chi connectivity index (χ1v) is 6.71. The van der Waals surface area contributed by atoms with Crippen molar-refractivity contribution in [3.63, 3.8) is 0 Å². The molecule has 0 fully saturated rings. The fraction of sp³-hybridized carbons (Fsp3) is 0.214. The molecular weight excluding hydrogens is 268 g/mol. The first-order chi connectivity index (χ1) is 8.60. The summed E-state index contributed by atoms with van der Waals surface area (Å²) in [7, 11) is 1.61. The topological polar surface area (TPSA) is 26.3 Å². The average Bonchev–Trinajstić information content (AvgIpc) is 2.70. The van der Waals surface area contributed by atoms with Gasteiger partial charge in [-0.3, -0.25) is 4.79 Å². The maximum Gasteiger partial charge on any atom is 0.177 e. The Hall–Kier alpha value is -1.32. The van der Waals surface area contributed by atoms with E-state index in [0.29, 0.717) is 15.6 Å². The number of Topliss-reactive ketones (excluding diaryl/α,β-unsaturated/α-hetero) is 1. The van der Waals surface area contributed by atoms with Crippen LogP contribution < -0.4 is 4.74 Å². The van der Waals surface area contributed by atoms with Gasteiger partial charge in [0.1, 0.15) is 5.75 Å². The zero-order valence-electron chi connectivity index (χ0n) is 10.2. The zero-order valence-corrected chi connectivity index (χ0v) is 11.8. The summed E-state index contributed by atoms with van der Waals surface area (Å²) >= 11 is 7.31. The highest BCUT2D eigenvalue weighted by Gasteiger charge is 2.12. The third kappa shape index (κ3) is 2.92. The molecule has 0 aliphatic carbocycles. The third-order valence-electron chi connectivity index (χ3n) is 2.63. The molecule has 1 heterocycles. The average molecular weight is 281 g/mol. The maximum absolute atomic E-state index is 12.1. The van der Waals surface area contributed by atoms with Crippen LogP contribution in [0.5, 0.6) is 5.75 Å². The Bertz CT molecular complexity index is 555. The molecule has 18 heavy (non-hydrogen) atoms. The Balaban J connectivity index is 2.15. The summed E-state index contributed by atoms with van der Waals surface area (Å²) in [6.07, 6.45) is 0.369. The normalized spacial score (nSPS) is 10.4. The molecule has 2 nitrogen and oxygen atoms in total. The lowest BCUT2D eigenvalue weighted by molar-refractivity contribution is 0.0997. The number of hydrogen-bond acceptors (Lipinski definition) is 3. The molecule has 0 radical (unpaired) electrons. The fourth-order valence-corrected chi connectivity index (χ4v) is 2.79. The van der Waals surface area contributed by atoms with E-state index in [0.717, 1.165) is 16.9 Å². The Morgan fingerprint density at radius 1 is 1.39 bits per heavy atom. The Morgan fingerprint density at radius 3 is 2.78 bits per heavy atom. The zero-order chi connectivity index (χ0) is 13.1. The van der Waals surface area contributed by atoms with Crippen LogP contribution >= 0.6 is 22.9 Å². The van der Waals surface area contributed by atoms with Gasteiger partial charge in [-0.25, -0.2) is 0 Å². The smallest absolute Gasteiger partial charge is 0.177 e. The van der Waals surface area contributed by atoms with Crippen molar-refractivity contribution in [2.75, 3.05) is 7.11 Å². The number of hydrogen-bond donors (Lipinski definition) is 0. The molecule has 1 aromatic carbocycles. The summed E-state index contributed by atoms with van der Waals surface area (Å²) in [6.45, 7) is 1.90. The molecule has 0 aliphatic rings. The van der Waals surface area contributed by atoms with E-state index in [1.807, 2.05) is 37.3 Å². The Morgan fingerprint density at radius 2 is 2.17 bits per heavy atom. The molecule has 1 aromatic heterocycles. The van der Waals surface area contributed by atoms with Crippen molar-refractivity contribution in [1.82, 2.24) is 0 Å². The number of halogens is 1. The number of aryl methyl sites for hydroxylation is 1. The van der Waals surface area contributed by atoms with E-state index >= 15 is 0 Å². The summed E-state index contributed by atoms with van der Waals surface area (Å²) in [6, 6.07) is 9.38. The Labute approximate surface area is 115 Å². The van der Waals surface area contributed by atoms with Crippen LogP contribution in [0, 0.1) is 6.92 Å². The van der Waals surface area contributed by atoms with Gasteiger partial charge in [-0.05, 0) is 36.2 Å². The van der Waals surface area contributed by atoms with Crippen molar-refractivity contribution in [2.24, 2.45) is 0 Å². The molecule has 94 valence electrons. The van der Waals surface area contributed by atoms with Crippen LogP contribution in [-0.4, -0.2) is 12.9 Å². The summed E-state index contributed by atoms with van der Waals surface area (Å²) in [5.41, 5.74) is 1.90. The van der Waals surface area contributed by atoms with E-state index in [2.05, 4.69) is 0 Å². The van der Waals surface area contributed by atoms with Gasteiger partial charge >= 0.3 is 0 Å². The van der Waals surface area contributed by atoms with Crippen molar-refractivity contribution >= 4 is 28.7 Å². The molecule has 2 aromatic rings. The lowest BCUT2D eigenvalue weighted by atomic mass is 10.1. The predicted molar refractivity (Wildman–Crippen MR) is 75.1 cm³/mol. The van der Waals surface area contributed by atoms with Gasteiger partial charge in [0, 0.05) is 6.42 Å². The molecule has 0 spiro atoms. The van der Waals surface area contributed by atoms with Gasteiger partial charge in [-0.15, -0.1) is 11.3 Å². The lowest BCUT2D eigenvalue weighted by Gasteiger charge is -2.03. The number of ether oxygens (including phenoxy) is 1. The van der Waals surface area contributed by atoms with Gasteiger partial charge in [0.05, 0.1) is 16.3 Å². The summed E-state index contributed by atoms with van der Waals surface area (Å²) < 4.78 is 5.82. The van der Waals surface area contributed by atoms with E-state index in [-0.39, 0.29) is 5.78 Å².